The van der Waals surface area contributed by atoms with Gasteiger partial charge in [0.15, 0.2) is 0 Å². The third-order valence-corrected chi connectivity index (χ3v) is 3.41. The zero-order valence-electron chi connectivity index (χ0n) is 11.1. The van der Waals surface area contributed by atoms with E-state index < -0.39 is 0 Å². The van der Waals surface area contributed by atoms with Crippen molar-refractivity contribution in [2.45, 2.75) is 25.8 Å². The second-order valence-corrected chi connectivity index (χ2v) is 4.67. The maximum atomic E-state index is 12.1. The number of amides is 3. The van der Waals surface area contributed by atoms with Gasteiger partial charge >= 0.3 is 6.09 Å². The SMILES string of the molecule is CCOC(=O)N1CCN(C(=O)C2CCC(=O)N2)CC1. The van der Waals surface area contributed by atoms with E-state index in [9.17, 15) is 14.4 Å². The summed E-state index contributed by atoms with van der Waals surface area (Å²) >= 11 is 0. The van der Waals surface area contributed by atoms with Crippen molar-refractivity contribution >= 4 is 17.9 Å². The van der Waals surface area contributed by atoms with E-state index in [-0.39, 0.29) is 23.9 Å². The molecule has 0 bridgehead atoms. The molecule has 2 aliphatic rings. The van der Waals surface area contributed by atoms with Crippen molar-refractivity contribution < 1.29 is 19.1 Å². The molecule has 7 nitrogen and oxygen atoms in total. The van der Waals surface area contributed by atoms with E-state index in [2.05, 4.69) is 5.32 Å². The highest BCUT2D eigenvalue weighted by molar-refractivity contribution is 5.90. The average molecular weight is 269 g/mol. The molecule has 0 aromatic heterocycles. The van der Waals surface area contributed by atoms with Crippen LogP contribution in [0.5, 0.6) is 0 Å². The highest BCUT2D eigenvalue weighted by atomic mass is 16.6. The van der Waals surface area contributed by atoms with Crippen LogP contribution in [0.3, 0.4) is 0 Å². The van der Waals surface area contributed by atoms with Gasteiger partial charge in [0, 0.05) is 32.6 Å². The zero-order valence-corrected chi connectivity index (χ0v) is 11.1. The lowest BCUT2D eigenvalue weighted by Crippen LogP contribution is -2.54. The molecule has 2 heterocycles. The van der Waals surface area contributed by atoms with Gasteiger partial charge in [0.2, 0.25) is 11.8 Å². The van der Waals surface area contributed by atoms with E-state index >= 15 is 0 Å². The summed E-state index contributed by atoms with van der Waals surface area (Å²) < 4.78 is 4.92. The monoisotopic (exact) mass is 269 g/mol. The van der Waals surface area contributed by atoms with Crippen LogP contribution in [0.4, 0.5) is 4.79 Å². The summed E-state index contributed by atoms with van der Waals surface area (Å²) in [5, 5.41) is 2.67. The number of hydrogen-bond acceptors (Lipinski definition) is 4. The maximum absolute atomic E-state index is 12.1. The predicted octanol–water partition coefficient (Wildman–Crippen LogP) is -0.434. The van der Waals surface area contributed by atoms with Crippen LogP contribution in [0, 0.1) is 0 Å². The first-order chi connectivity index (χ1) is 9.11. The summed E-state index contributed by atoms with van der Waals surface area (Å²) in [6, 6.07) is -0.387. The van der Waals surface area contributed by atoms with Crippen LogP contribution in [-0.2, 0) is 14.3 Å². The van der Waals surface area contributed by atoms with Crippen LogP contribution in [0.2, 0.25) is 0 Å². The van der Waals surface area contributed by atoms with Gasteiger partial charge in [-0.15, -0.1) is 0 Å². The first-order valence-corrected chi connectivity index (χ1v) is 6.61. The summed E-state index contributed by atoms with van der Waals surface area (Å²) in [5.41, 5.74) is 0. The predicted molar refractivity (Wildman–Crippen MR) is 66.3 cm³/mol. The van der Waals surface area contributed by atoms with E-state index in [4.69, 9.17) is 4.74 Å². The number of rotatable bonds is 2. The average Bonchev–Trinajstić information content (AvgIpc) is 2.85. The van der Waals surface area contributed by atoms with Gasteiger partial charge in [-0.25, -0.2) is 4.79 Å². The molecule has 1 unspecified atom stereocenters. The molecule has 7 heteroatoms. The summed E-state index contributed by atoms with van der Waals surface area (Å²) in [6.45, 7) is 4.05. The normalized spacial score (nSPS) is 23.2. The zero-order chi connectivity index (χ0) is 13.8. The van der Waals surface area contributed by atoms with Crippen LogP contribution in [0.15, 0.2) is 0 Å². The van der Waals surface area contributed by atoms with Crippen LogP contribution in [-0.4, -0.2) is 66.5 Å². The fourth-order valence-corrected chi connectivity index (χ4v) is 2.34. The molecule has 2 fully saturated rings. The van der Waals surface area contributed by atoms with E-state index in [0.717, 1.165) is 0 Å². The molecule has 0 aliphatic carbocycles. The second-order valence-electron chi connectivity index (χ2n) is 4.67. The van der Waals surface area contributed by atoms with Gasteiger partial charge in [-0.05, 0) is 13.3 Å². The number of nitrogens with zero attached hydrogens (tertiary/aromatic N) is 2. The van der Waals surface area contributed by atoms with Crippen molar-refractivity contribution in [3.63, 3.8) is 0 Å². The smallest absolute Gasteiger partial charge is 0.409 e. The minimum atomic E-state index is -0.387. The molecular formula is C12H19N3O4. The largest absolute Gasteiger partial charge is 0.450 e. The number of carbonyl (C=O) groups excluding carboxylic acids is 3. The number of hydrogen-bond donors (Lipinski definition) is 1. The Bertz CT molecular complexity index is 377. The quantitative estimate of drug-likeness (QED) is 0.737. The lowest BCUT2D eigenvalue weighted by molar-refractivity contribution is -0.135. The van der Waals surface area contributed by atoms with Crippen molar-refractivity contribution in [2.75, 3.05) is 32.8 Å². The molecular weight excluding hydrogens is 250 g/mol. The highest BCUT2D eigenvalue weighted by Crippen LogP contribution is 2.12. The third-order valence-electron chi connectivity index (χ3n) is 3.41. The fraction of sp³-hybridized carbons (Fsp3) is 0.750. The Kier molecular flexibility index (Phi) is 4.24. The minimum absolute atomic E-state index is 0.0469. The van der Waals surface area contributed by atoms with E-state index in [1.165, 1.54) is 0 Å². The van der Waals surface area contributed by atoms with Crippen molar-refractivity contribution in [1.82, 2.24) is 15.1 Å². The van der Waals surface area contributed by atoms with Gasteiger partial charge in [0.25, 0.3) is 0 Å². The third kappa shape index (κ3) is 3.15. The Morgan fingerprint density at radius 3 is 2.42 bits per heavy atom. The number of carbonyl (C=O) groups is 3. The molecule has 1 atom stereocenters. The second kappa shape index (κ2) is 5.90. The molecule has 106 valence electrons. The standard InChI is InChI=1S/C12H19N3O4/c1-2-19-12(18)15-7-5-14(6-8-15)11(17)9-3-4-10(16)13-9/h9H,2-8H2,1H3,(H,13,16). The molecule has 2 aliphatic heterocycles. The summed E-state index contributed by atoms with van der Waals surface area (Å²) in [5.74, 6) is -0.113. The van der Waals surface area contributed by atoms with Gasteiger partial charge in [-0.3, -0.25) is 9.59 Å². The highest BCUT2D eigenvalue weighted by Gasteiger charge is 2.33. The molecule has 2 rings (SSSR count). The molecule has 2 saturated heterocycles. The first-order valence-electron chi connectivity index (χ1n) is 6.61. The number of nitrogens with one attached hydrogen (secondary N) is 1. The Morgan fingerprint density at radius 1 is 1.26 bits per heavy atom. The molecule has 0 saturated carbocycles. The number of ether oxygens (including phenoxy) is 1. The topological polar surface area (TPSA) is 79.0 Å². The van der Waals surface area contributed by atoms with Crippen LogP contribution < -0.4 is 5.32 Å². The van der Waals surface area contributed by atoms with Gasteiger partial charge in [0.05, 0.1) is 6.61 Å². The van der Waals surface area contributed by atoms with Crippen molar-refractivity contribution in [1.29, 1.82) is 0 Å². The Morgan fingerprint density at radius 2 is 1.89 bits per heavy atom. The van der Waals surface area contributed by atoms with Crippen molar-refractivity contribution in [3.8, 4) is 0 Å². The van der Waals surface area contributed by atoms with Gasteiger partial charge in [-0.1, -0.05) is 0 Å². The van der Waals surface area contributed by atoms with Gasteiger partial charge in [-0.2, -0.15) is 0 Å². The van der Waals surface area contributed by atoms with E-state index in [1.54, 1.807) is 16.7 Å². The molecule has 0 aromatic rings. The van der Waals surface area contributed by atoms with Crippen molar-refractivity contribution in [2.24, 2.45) is 0 Å². The lowest BCUT2D eigenvalue weighted by Gasteiger charge is -2.35. The Balaban J connectivity index is 1.81. The van der Waals surface area contributed by atoms with Crippen LogP contribution in [0.1, 0.15) is 19.8 Å². The molecule has 0 radical (unpaired) electrons. The van der Waals surface area contributed by atoms with Crippen molar-refractivity contribution in [3.05, 3.63) is 0 Å². The van der Waals surface area contributed by atoms with Crippen LogP contribution in [0.25, 0.3) is 0 Å². The lowest BCUT2D eigenvalue weighted by atomic mass is 10.2. The first kappa shape index (κ1) is 13.6. The Labute approximate surface area is 111 Å². The summed E-state index contributed by atoms with van der Waals surface area (Å²) in [7, 11) is 0. The van der Waals surface area contributed by atoms with E-state index in [1.807, 2.05) is 0 Å². The molecule has 0 aromatic carbocycles. The Hall–Kier alpha value is -1.79. The van der Waals surface area contributed by atoms with E-state index in [0.29, 0.717) is 45.6 Å². The molecule has 3 amide bonds. The van der Waals surface area contributed by atoms with Crippen LogP contribution >= 0.6 is 0 Å². The maximum Gasteiger partial charge on any atom is 0.409 e. The van der Waals surface area contributed by atoms with Gasteiger partial charge in [0.1, 0.15) is 6.04 Å². The molecule has 0 spiro atoms. The fourth-order valence-electron chi connectivity index (χ4n) is 2.34. The summed E-state index contributed by atoms with van der Waals surface area (Å²) in [4.78, 5) is 38.0. The summed E-state index contributed by atoms with van der Waals surface area (Å²) in [6.07, 6.45) is 0.651. The molecule has 1 N–H and O–H groups in total. The van der Waals surface area contributed by atoms with Gasteiger partial charge < -0.3 is 19.9 Å². The minimum Gasteiger partial charge on any atom is -0.450 e. The number of piperazine rings is 1. The molecule has 19 heavy (non-hydrogen) atoms.